The van der Waals surface area contributed by atoms with Crippen molar-refractivity contribution >= 4 is 67.9 Å². The number of H-pyrrole nitrogens is 2. The van der Waals surface area contributed by atoms with Crippen LogP contribution in [0.1, 0.15) is 22.8 Å². The molecule has 346 valence electrons. The van der Waals surface area contributed by atoms with Crippen LogP contribution in [0.5, 0.6) is 11.5 Å². The Morgan fingerprint density at radius 3 is 0.986 bits per heavy atom. The number of benzene rings is 6. The SMILES string of the molecule is COc1cccc2cccc(-c3c4nc(c(-c5c(F)c(F)c(F)c(F)c5F)c5ccc([nH]5)c(-c5cccc6cccc(OC)c56)c5ccc([nH]5)c(-c5c(F)c(F)c(F)c(F)c5F)c5nc3C=C5)C=C4)c12. The third-order valence-electron chi connectivity index (χ3n) is 12.4. The number of rotatable bonds is 6. The van der Waals surface area contributed by atoms with Crippen molar-refractivity contribution in [2.75, 3.05) is 14.2 Å². The predicted octanol–water partition coefficient (Wildman–Crippen LogP) is 15.0. The Balaban J connectivity index is 1.40. The topological polar surface area (TPSA) is 75.8 Å². The van der Waals surface area contributed by atoms with E-state index in [1.54, 1.807) is 72.8 Å². The molecule has 0 saturated heterocycles. The van der Waals surface area contributed by atoms with E-state index in [0.29, 0.717) is 44.2 Å². The summed E-state index contributed by atoms with van der Waals surface area (Å²) in [4.78, 5) is 15.8. The van der Waals surface area contributed by atoms with Crippen LogP contribution in [0, 0.1) is 58.2 Å². The standard InChI is InChI=1S/C54H28F10N4O2/c1-69-35-13-5-9-23-7-3-11-25(37(23)35)39-27-15-19-31(65-27)41(43-45(55)49(59)53(63)50(60)46(43)56)33-21-17-29(67-33)40(26-12-4-8-24-10-6-14-36(70-2)38(24)26)30-18-22-34(68-30)42(32-20-16-28(39)66-32)44-47(57)51(61)54(64)52(62)48(44)58/h3-22,65-66H,1-2H3. The molecule has 3 aromatic heterocycles. The zero-order chi connectivity index (χ0) is 48.9. The molecule has 0 unspecified atom stereocenters. The number of nitrogens with zero attached hydrogens (tertiary/aromatic N) is 2. The van der Waals surface area contributed by atoms with Crippen LogP contribution in [-0.2, 0) is 0 Å². The normalized spacial score (nSPS) is 12.2. The summed E-state index contributed by atoms with van der Waals surface area (Å²) in [6.45, 7) is 0. The maximum absolute atomic E-state index is 16.2. The summed E-state index contributed by atoms with van der Waals surface area (Å²) in [6.07, 6.45) is 5.42. The minimum Gasteiger partial charge on any atom is -0.496 e. The van der Waals surface area contributed by atoms with Gasteiger partial charge in [-0.25, -0.2) is 53.9 Å². The number of fused-ring (bicyclic) bond motifs is 10. The van der Waals surface area contributed by atoms with Gasteiger partial charge < -0.3 is 19.4 Å². The third-order valence-corrected chi connectivity index (χ3v) is 12.4. The van der Waals surface area contributed by atoms with Gasteiger partial charge in [-0.3, -0.25) is 0 Å². The van der Waals surface area contributed by atoms with Gasteiger partial charge in [-0.05, 0) is 82.6 Å². The molecule has 2 N–H and O–H groups in total. The van der Waals surface area contributed by atoms with Crippen LogP contribution in [0.2, 0.25) is 0 Å². The van der Waals surface area contributed by atoms with Crippen LogP contribution in [0.25, 0.3) is 112 Å². The Hall–Kier alpha value is -8.66. The Bertz CT molecular complexity index is 3770. The fraction of sp³-hybridized carbons (Fsp3) is 0.0370. The van der Waals surface area contributed by atoms with Crippen molar-refractivity contribution in [1.82, 2.24) is 19.9 Å². The van der Waals surface area contributed by atoms with E-state index in [0.717, 1.165) is 0 Å². The third kappa shape index (κ3) is 6.57. The molecular formula is C54H28F10N4O2. The van der Waals surface area contributed by atoms with E-state index in [4.69, 9.17) is 19.4 Å². The fourth-order valence-corrected chi connectivity index (χ4v) is 9.32. The number of aromatic amines is 2. The van der Waals surface area contributed by atoms with Gasteiger partial charge in [0, 0.05) is 55.1 Å². The molecule has 6 nitrogen and oxygen atoms in total. The largest absolute Gasteiger partial charge is 0.496 e. The molecule has 0 spiro atoms. The van der Waals surface area contributed by atoms with E-state index >= 15 is 35.1 Å². The van der Waals surface area contributed by atoms with Gasteiger partial charge in [0.25, 0.3) is 0 Å². The first-order valence-corrected chi connectivity index (χ1v) is 21.1. The van der Waals surface area contributed by atoms with Gasteiger partial charge in [0.05, 0.1) is 48.1 Å². The minimum absolute atomic E-state index is 0.00773. The van der Waals surface area contributed by atoms with E-state index in [1.165, 1.54) is 62.8 Å². The Labute approximate surface area is 388 Å². The second-order valence-electron chi connectivity index (χ2n) is 16.1. The van der Waals surface area contributed by atoms with Crippen LogP contribution < -0.4 is 9.47 Å². The predicted molar refractivity (Wildman–Crippen MR) is 248 cm³/mol. The lowest BCUT2D eigenvalue weighted by atomic mass is 9.95. The van der Waals surface area contributed by atoms with Gasteiger partial charge in [0.15, 0.2) is 46.5 Å². The highest BCUT2D eigenvalue weighted by Gasteiger charge is 2.32. The summed E-state index contributed by atoms with van der Waals surface area (Å²) in [5.41, 5.74) is -3.10. The number of aromatic nitrogens is 4. The minimum atomic E-state index is -2.38. The summed E-state index contributed by atoms with van der Waals surface area (Å²) in [7, 11) is 2.87. The summed E-state index contributed by atoms with van der Waals surface area (Å²) in [5, 5.41) is 2.33. The van der Waals surface area contributed by atoms with Crippen LogP contribution in [0.4, 0.5) is 43.9 Å². The first-order chi connectivity index (χ1) is 33.8. The maximum Gasteiger partial charge on any atom is 0.200 e. The van der Waals surface area contributed by atoms with Gasteiger partial charge in [-0.1, -0.05) is 60.7 Å². The Morgan fingerprint density at radius 2 is 0.629 bits per heavy atom. The molecule has 0 aliphatic carbocycles. The molecule has 0 atom stereocenters. The average Bonchev–Trinajstić information content (AvgIpc) is 4.24. The summed E-state index contributed by atoms with van der Waals surface area (Å²) >= 11 is 0. The summed E-state index contributed by atoms with van der Waals surface area (Å²) in [5.74, 6) is -21.4. The first kappa shape index (κ1) is 43.9. The van der Waals surface area contributed by atoms with E-state index in [-0.39, 0.29) is 56.0 Å². The molecule has 2 aliphatic rings. The van der Waals surface area contributed by atoms with Crippen molar-refractivity contribution in [1.29, 1.82) is 0 Å². The second-order valence-corrected chi connectivity index (χ2v) is 16.1. The van der Waals surface area contributed by atoms with Crippen molar-refractivity contribution in [2.24, 2.45) is 0 Å². The molecule has 9 aromatic rings. The summed E-state index contributed by atoms with van der Waals surface area (Å²) in [6, 6.07) is 26.3. The van der Waals surface area contributed by atoms with E-state index in [2.05, 4.69) is 9.97 Å². The second kappa shape index (κ2) is 16.5. The number of halogens is 10. The van der Waals surface area contributed by atoms with Crippen molar-refractivity contribution in [3.63, 3.8) is 0 Å². The molecule has 5 heterocycles. The molecule has 16 heteroatoms. The zero-order valence-corrected chi connectivity index (χ0v) is 36.0. The van der Waals surface area contributed by atoms with Gasteiger partial charge in [-0.15, -0.1) is 0 Å². The lowest BCUT2D eigenvalue weighted by molar-refractivity contribution is 0.381. The smallest absolute Gasteiger partial charge is 0.200 e. The molecular weight excluding hydrogens is 927 g/mol. The van der Waals surface area contributed by atoms with Gasteiger partial charge in [0.1, 0.15) is 11.5 Å². The highest BCUT2D eigenvalue weighted by Crippen LogP contribution is 2.45. The first-order valence-electron chi connectivity index (χ1n) is 21.1. The Morgan fingerprint density at radius 1 is 0.329 bits per heavy atom. The molecule has 0 fully saturated rings. The number of hydrogen-bond acceptors (Lipinski definition) is 4. The van der Waals surface area contributed by atoms with Crippen molar-refractivity contribution in [3.8, 4) is 56.0 Å². The van der Waals surface area contributed by atoms with Gasteiger partial charge in [-0.2, -0.15) is 0 Å². The molecule has 2 aliphatic heterocycles. The van der Waals surface area contributed by atoms with Crippen molar-refractivity contribution in [2.45, 2.75) is 0 Å². The zero-order valence-electron chi connectivity index (χ0n) is 36.0. The molecule has 6 aromatic carbocycles. The average molecular weight is 955 g/mol. The maximum atomic E-state index is 16.2. The van der Waals surface area contributed by atoms with Crippen LogP contribution in [0.3, 0.4) is 0 Å². The molecule has 11 rings (SSSR count). The number of methoxy groups -OCH3 is 2. The Kier molecular flexibility index (Phi) is 10.4. The van der Waals surface area contributed by atoms with E-state index in [9.17, 15) is 8.78 Å². The van der Waals surface area contributed by atoms with Crippen molar-refractivity contribution in [3.05, 3.63) is 178 Å². The molecule has 0 radical (unpaired) electrons. The van der Waals surface area contributed by atoms with Gasteiger partial charge >= 0.3 is 0 Å². The van der Waals surface area contributed by atoms with Crippen LogP contribution in [-0.4, -0.2) is 34.2 Å². The highest BCUT2D eigenvalue weighted by molar-refractivity contribution is 6.10. The lowest BCUT2D eigenvalue weighted by Gasteiger charge is -2.13. The quantitative estimate of drug-likeness (QED) is 0.0989. The number of ether oxygens (including phenoxy) is 2. The molecule has 0 amide bonds. The number of hydrogen-bond donors (Lipinski definition) is 2. The molecule has 70 heavy (non-hydrogen) atoms. The van der Waals surface area contributed by atoms with E-state index in [1.807, 2.05) is 0 Å². The fourth-order valence-electron chi connectivity index (χ4n) is 9.32. The number of nitrogens with one attached hydrogen (secondary N) is 2. The lowest BCUT2D eigenvalue weighted by Crippen LogP contribution is -2.05. The van der Waals surface area contributed by atoms with Crippen molar-refractivity contribution < 1.29 is 53.4 Å². The molecule has 8 bridgehead atoms. The van der Waals surface area contributed by atoms with Crippen LogP contribution >= 0.6 is 0 Å². The summed E-state index contributed by atoms with van der Waals surface area (Å²) < 4.78 is 167. The highest BCUT2D eigenvalue weighted by atomic mass is 19.2. The van der Waals surface area contributed by atoms with Gasteiger partial charge in [0.2, 0.25) is 11.6 Å². The monoisotopic (exact) mass is 954 g/mol. The molecule has 0 saturated carbocycles. The van der Waals surface area contributed by atoms with Crippen LogP contribution in [0.15, 0.2) is 97.1 Å². The van der Waals surface area contributed by atoms with E-state index < -0.39 is 80.4 Å².